The molecule has 3 rings (SSSR count). The van der Waals surface area contributed by atoms with Gasteiger partial charge in [0.15, 0.2) is 0 Å². The van der Waals surface area contributed by atoms with Gasteiger partial charge in [-0.3, -0.25) is 0 Å². The standard InChI is InChI=1S/C13H22O/c1-9(2)12-7-13(8-14)5-4-11(12)6-10(13)3/h8-12H,4-7H2,1-3H3. The molecular weight excluding hydrogens is 172 g/mol. The average Bonchev–Trinajstić information content (AvgIpc) is 2.18. The first kappa shape index (κ1) is 10.2. The van der Waals surface area contributed by atoms with Crippen LogP contribution in [0.2, 0.25) is 0 Å². The Bertz CT molecular complexity index is 233. The van der Waals surface area contributed by atoms with Crippen molar-refractivity contribution in [2.45, 2.75) is 46.5 Å². The van der Waals surface area contributed by atoms with E-state index in [1.54, 1.807) is 0 Å². The Morgan fingerprint density at radius 3 is 2.64 bits per heavy atom. The first-order chi connectivity index (χ1) is 6.59. The lowest BCUT2D eigenvalue weighted by molar-refractivity contribution is -0.131. The zero-order valence-electron chi connectivity index (χ0n) is 9.62. The summed E-state index contributed by atoms with van der Waals surface area (Å²) in [6.07, 6.45) is 6.20. The first-order valence-electron chi connectivity index (χ1n) is 6.05. The number of hydrogen-bond acceptors (Lipinski definition) is 1. The van der Waals surface area contributed by atoms with Crippen LogP contribution in [0.15, 0.2) is 0 Å². The number of hydrogen-bond donors (Lipinski definition) is 0. The van der Waals surface area contributed by atoms with Crippen LogP contribution in [-0.4, -0.2) is 6.29 Å². The average molecular weight is 194 g/mol. The highest BCUT2D eigenvalue weighted by atomic mass is 16.1. The molecule has 2 bridgehead atoms. The molecule has 80 valence electrons. The third-order valence-corrected chi connectivity index (χ3v) is 4.93. The predicted molar refractivity (Wildman–Crippen MR) is 57.9 cm³/mol. The molecule has 14 heavy (non-hydrogen) atoms. The van der Waals surface area contributed by atoms with Gasteiger partial charge in [0.05, 0.1) is 0 Å². The normalized spacial score (nSPS) is 47.0. The van der Waals surface area contributed by atoms with Gasteiger partial charge in [-0.25, -0.2) is 0 Å². The van der Waals surface area contributed by atoms with Crippen molar-refractivity contribution in [1.29, 1.82) is 0 Å². The molecule has 0 spiro atoms. The van der Waals surface area contributed by atoms with E-state index in [0.29, 0.717) is 5.92 Å². The molecular formula is C13H22O. The van der Waals surface area contributed by atoms with Crippen molar-refractivity contribution in [2.75, 3.05) is 0 Å². The number of carbonyl (C=O) groups excluding carboxylic acids is 1. The van der Waals surface area contributed by atoms with E-state index in [0.717, 1.165) is 24.2 Å². The van der Waals surface area contributed by atoms with Crippen molar-refractivity contribution in [3.8, 4) is 0 Å². The molecule has 4 unspecified atom stereocenters. The van der Waals surface area contributed by atoms with Crippen molar-refractivity contribution in [3.05, 3.63) is 0 Å². The van der Waals surface area contributed by atoms with Crippen LogP contribution in [0.5, 0.6) is 0 Å². The molecule has 1 heteroatoms. The molecule has 0 N–H and O–H groups in total. The zero-order chi connectivity index (χ0) is 10.3. The van der Waals surface area contributed by atoms with Crippen molar-refractivity contribution < 1.29 is 4.79 Å². The molecule has 0 aromatic carbocycles. The predicted octanol–water partition coefficient (Wildman–Crippen LogP) is 3.28. The van der Waals surface area contributed by atoms with Crippen LogP contribution in [0.25, 0.3) is 0 Å². The van der Waals surface area contributed by atoms with Crippen LogP contribution in [0.3, 0.4) is 0 Å². The molecule has 0 amide bonds. The molecule has 1 nitrogen and oxygen atoms in total. The smallest absolute Gasteiger partial charge is 0.126 e. The van der Waals surface area contributed by atoms with E-state index in [1.165, 1.54) is 25.5 Å². The largest absolute Gasteiger partial charge is 0.303 e. The number of carbonyl (C=O) groups is 1. The van der Waals surface area contributed by atoms with Gasteiger partial charge in [-0.2, -0.15) is 0 Å². The quantitative estimate of drug-likeness (QED) is 0.616. The van der Waals surface area contributed by atoms with Gasteiger partial charge in [-0.15, -0.1) is 0 Å². The summed E-state index contributed by atoms with van der Waals surface area (Å²) < 4.78 is 0. The molecule has 0 saturated heterocycles. The van der Waals surface area contributed by atoms with E-state index in [2.05, 4.69) is 20.8 Å². The minimum atomic E-state index is 0.0592. The van der Waals surface area contributed by atoms with E-state index in [9.17, 15) is 4.79 Å². The lowest BCUT2D eigenvalue weighted by Gasteiger charge is -2.53. The number of rotatable bonds is 2. The Morgan fingerprint density at radius 1 is 1.43 bits per heavy atom. The molecule has 0 heterocycles. The highest BCUT2D eigenvalue weighted by Gasteiger charge is 2.50. The molecule has 0 aromatic heterocycles. The fourth-order valence-electron chi connectivity index (χ4n) is 3.81. The fourth-order valence-corrected chi connectivity index (χ4v) is 3.81. The van der Waals surface area contributed by atoms with Crippen molar-refractivity contribution in [3.63, 3.8) is 0 Å². The minimum absolute atomic E-state index is 0.0592. The van der Waals surface area contributed by atoms with E-state index >= 15 is 0 Å². The molecule has 3 saturated carbocycles. The Kier molecular flexibility index (Phi) is 2.45. The van der Waals surface area contributed by atoms with Gasteiger partial charge in [0.25, 0.3) is 0 Å². The second-order valence-electron chi connectivity index (χ2n) is 5.90. The van der Waals surface area contributed by atoms with Gasteiger partial charge in [0.1, 0.15) is 6.29 Å². The van der Waals surface area contributed by atoms with Crippen LogP contribution in [0.4, 0.5) is 0 Å². The van der Waals surface area contributed by atoms with E-state index in [-0.39, 0.29) is 5.41 Å². The summed E-state index contributed by atoms with van der Waals surface area (Å²) in [5, 5.41) is 0. The molecule has 4 atom stereocenters. The van der Waals surface area contributed by atoms with Crippen LogP contribution >= 0.6 is 0 Å². The van der Waals surface area contributed by atoms with Crippen molar-refractivity contribution >= 4 is 6.29 Å². The maximum absolute atomic E-state index is 11.3. The van der Waals surface area contributed by atoms with Crippen LogP contribution in [0, 0.1) is 29.1 Å². The van der Waals surface area contributed by atoms with Crippen LogP contribution in [0.1, 0.15) is 46.5 Å². The van der Waals surface area contributed by atoms with E-state index in [4.69, 9.17) is 0 Å². The Labute approximate surface area is 87.3 Å². The minimum Gasteiger partial charge on any atom is -0.303 e. The highest BCUT2D eigenvalue weighted by molar-refractivity contribution is 5.60. The summed E-state index contributed by atoms with van der Waals surface area (Å²) in [5.74, 6) is 3.11. The third kappa shape index (κ3) is 1.32. The fraction of sp³-hybridized carbons (Fsp3) is 0.923. The van der Waals surface area contributed by atoms with Gasteiger partial charge in [0.2, 0.25) is 0 Å². The highest BCUT2D eigenvalue weighted by Crippen LogP contribution is 2.56. The van der Waals surface area contributed by atoms with E-state index < -0.39 is 0 Å². The lowest BCUT2D eigenvalue weighted by atomic mass is 9.51. The monoisotopic (exact) mass is 194 g/mol. The van der Waals surface area contributed by atoms with Gasteiger partial charge in [0, 0.05) is 5.41 Å². The Hall–Kier alpha value is -0.330. The van der Waals surface area contributed by atoms with Gasteiger partial charge < -0.3 is 4.79 Å². The van der Waals surface area contributed by atoms with Crippen LogP contribution < -0.4 is 0 Å². The maximum Gasteiger partial charge on any atom is 0.126 e. The summed E-state index contributed by atoms with van der Waals surface area (Å²) in [6.45, 7) is 6.90. The molecule has 3 aliphatic carbocycles. The second kappa shape index (κ2) is 3.36. The van der Waals surface area contributed by atoms with Gasteiger partial charge in [-0.1, -0.05) is 20.8 Å². The number of fused-ring (bicyclic) bond motifs is 3. The molecule has 0 aliphatic heterocycles. The van der Waals surface area contributed by atoms with Gasteiger partial charge >= 0.3 is 0 Å². The summed E-state index contributed by atoms with van der Waals surface area (Å²) in [4.78, 5) is 11.3. The summed E-state index contributed by atoms with van der Waals surface area (Å²) in [5.41, 5.74) is 0.0592. The van der Waals surface area contributed by atoms with Crippen molar-refractivity contribution in [2.24, 2.45) is 29.1 Å². The van der Waals surface area contributed by atoms with Crippen LogP contribution in [-0.2, 0) is 4.79 Å². The van der Waals surface area contributed by atoms with Crippen molar-refractivity contribution in [1.82, 2.24) is 0 Å². The SMILES string of the molecule is CC(C)C1CC2(C=O)CCC1CC2C. The zero-order valence-corrected chi connectivity index (χ0v) is 9.62. The Balaban J connectivity index is 2.22. The lowest BCUT2D eigenvalue weighted by Crippen LogP contribution is -2.47. The molecule has 0 aromatic rings. The summed E-state index contributed by atoms with van der Waals surface area (Å²) in [7, 11) is 0. The van der Waals surface area contributed by atoms with Gasteiger partial charge in [-0.05, 0) is 49.4 Å². The Morgan fingerprint density at radius 2 is 2.14 bits per heavy atom. The molecule has 3 fully saturated rings. The molecule has 3 aliphatic rings. The van der Waals surface area contributed by atoms with E-state index in [1.807, 2.05) is 0 Å². The first-order valence-corrected chi connectivity index (χ1v) is 6.05. The third-order valence-electron chi connectivity index (χ3n) is 4.93. The number of aldehydes is 1. The summed E-state index contributed by atoms with van der Waals surface area (Å²) in [6, 6.07) is 0. The maximum atomic E-state index is 11.3. The molecule has 0 radical (unpaired) electrons. The summed E-state index contributed by atoms with van der Waals surface area (Å²) >= 11 is 0. The topological polar surface area (TPSA) is 17.1 Å². The second-order valence-corrected chi connectivity index (χ2v) is 5.90.